The highest BCUT2D eigenvalue weighted by atomic mass is 16.7. The quantitative estimate of drug-likeness (QED) is 0.584. The molecule has 0 aromatic rings. The van der Waals surface area contributed by atoms with E-state index in [4.69, 9.17) is 4.84 Å². The summed E-state index contributed by atoms with van der Waals surface area (Å²) in [4.78, 5) is 16.2. The molecule has 0 unspecified atom stereocenters. The zero-order valence-electron chi connectivity index (χ0n) is 7.45. The summed E-state index contributed by atoms with van der Waals surface area (Å²) in [5.41, 5.74) is 0. The van der Waals surface area contributed by atoms with Crippen molar-refractivity contribution in [3.05, 3.63) is 12.2 Å². The number of carbonyl (C=O) groups is 1. The van der Waals surface area contributed by atoms with Gasteiger partial charge >= 0.3 is 0 Å². The average molecular weight is 169 g/mol. The van der Waals surface area contributed by atoms with Gasteiger partial charge < -0.3 is 0 Å². The fourth-order valence-electron chi connectivity index (χ4n) is 1.07. The van der Waals surface area contributed by atoms with Gasteiger partial charge in [-0.25, -0.2) is 5.06 Å². The Kier molecular flexibility index (Phi) is 3.80. The van der Waals surface area contributed by atoms with E-state index in [9.17, 15) is 4.79 Å². The number of hydrogen-bond acceptors (Lipinski definition) is 2. The Labute approximate surface area is 73.0 Å². The molecule has 0 saturated heterocycles. The lowest BCUT2D eigenvalue weighted by Crippen LogP contribution is -2.26. The van der Waals surface area contributed by atoms with Crippen molar-refractivity contribution in [3.63, 3.8) is 0 Å². The van der Waals surface area contributed by atoms with E-state index in [0.29, 0.717) is 13.2 Å². The molecule has 0 aromatic heterocycles. The molecular weight excluding hydrogens is 154 g/mol. The lowest BCUT2D eigenvalue weighted by atomic mass is 10.3. The second-order valence-corrected chi connectivity index (χ2v) is 2.84. The molecule has 3 nitrogen and oxygen atoms in total. The van der Waals surface area contributed by atoms with Crippen LogP contribution in [-0.4, -0.2) is 24.1 Å². The van der Waals surface area contributed by atoms with Gasteiger partial charge in [-0.15, -0.1) is 0 Å². The summed E-state index contributed by atoms with van der Waals surface area (Å²) in [5.74, 6) is -0.0356. The number of rotatable bonds is 5. The van der Waals surface area contributed by atoms with Gasteiger partial charge in [-0.2, -0.15) is 0 Å². The lowest BCUT2D eigenvalue weighted by Gasteiger charge is -2.14. The second-order valence-electron chi connectivity index (χ2n) is 2.84. The van der Waals surface area contributed by atoms with Crippen molar-refractivity contribution in [2.24, 2.45) is 0 Å². The molecule has 0 spiro atoms. The molecule has 68 valence electrons. The van der Waals surface area contributed by atoms with Crippen molar-refractivity contribution in [2.75, 3.05) is 13.2 Å². The van der Waals surface area contributed by atoms with Gasteiger partial charge in [0.1, 0.15) is 0 Å². The monoisotopic (exact) mass is 169 g/mol. The molecule has 0 bridgehead atoms. The van der Waals surface area contributed by atoms with Crippen LogP contribution in [0.5, 0.6) is 0 Å². The van der Waals surface area contributed by atoms with E-state index in [2.05, 4.69) is 6.92 Å². The minimum atomic E-state index is -0.0356. The third-order valence-corrected chi connectivity index (χ3v) is 1.77. The van der Waals surface area contributed by atoms with E-state index in [0.717, 1.165) is 12.8 Å². The van der Waals surface area contributed by atoms with Crippen LogP contribution < -0.4 is 0 Å². The molecule has 12 heavy (non-hydrogen) atoms. The van der Waals surface area contributed by atoms with Gasteiger partial charge in [0.15, 0.2) is 0 Å². The van der Waals surface area contributed by atoms with Gasteiger partial charge in [0.05, 0.1) is 13.2 Å². The maximum absolute atomic E-state index is 11.0. The van der Waals surface area contributed by atoms with Crippen LogP contribution in [-0.2, 0) is 9.63 Å². The first-order valence-electron chi connectivity index (χ1n) is 4.45. The summed E-state index contributed by atoms with van der Waals surface area (Å²) >= 11 is 0. The van der Waals surface area contributed by atoms with Crippen molar-refractivity contribution in [1.82, 2.24) is 5.06 Å². The molecule has 0 aromatic carbocycles. The zero-order valence-corrected chi connectivity index (χ0v) is 7.45. The van der Waals surface area contributed by atoms with Gasteiger partial charge in [0.25, 0.3) is 5.91 Å². The molecular formula is C9H15NO2. The number of amides is 1. The minimum Gasteiger partial charge on any atom is -0.270 e. The first-order valence-corrected chi connectivity index (χ1v) is 4.45. The molecule has 0 fully saturated rings. The number of hydroxylamine groups is 2. The van der Waals surface area contributed by atoms with Gasteiger partial charge in [0.2, 0.25) is 0 Å². The highest BCUT2D eigenvalue weighted by Crippen LogP contribution is 2.03. The molecule has 0 aliphatic carbocycles. The molecule has 1 heterocycles. The first kappa shape index (κ1) is 9.26. The van der Waals surface area contributed by atoms with Gasteiger partial charge in [0, 0.05) is 6.08 Å². The normalized spacial score (nSPS) is 16.1. The topological polar surface area (TPSA) is 29.5 Å². The Morgan fingerprint density at radius 2 is 2.42 bits per heavy atom. The molecule has 3 heteroatoms. The third kappa shape index (κ3) is 2.66. The summed E-state index contributed by atoms with van der Waals surface area (Å²) in [6, 6.07) is 0. The predicted octanol–water partition coefficient (Wildman–Crippen LogP) is 1.51. The molecule has 0 atom stereocenters. The lowest BCUT2D eigenvalue weighted by molar-refractivity contribution is -0.175. The average Bonchev–Trinajstić information content (AvgIpc) is 2.46. The van der Waals surface area contributed by atoms with E-state index < -0.39 is 0 Å². The Bertz CT molecular complexity index is 177. The van der Waals surface area contributed by atoms with Gasteiger partial charge in [-0.3, -0.25) is 9.63 Å². The zero-order chi connectivity index (χ0) is 8.81. The Hall–Kier alpha value is -0.830. The number of carbonyl (C=O) groups excluding carboxylic acids is 1. The number of nitrogens with zero attached hydrogens (tertiary/aromatic N) is 1. The van der Waals surface area contributed by atoms with Crippen LogP contribution in [0.25, 0.3) is 0 Å². The molecule has 0 N–H and O–H groups in total. The minimum absolute atomic E-state index is 0.0356. The number of hydrogen-bond donors (Lipinski definition) is 0. The molecule has 1 aliphatic rings. The van der Waals surface area contributed by atoms with Crippen LogP contribution in [0.15, 0.2) is 12.2 Å². The van der Waals surface area contributed by atoms with Crippen LogP contribution in [0, 0.1) is 0 Å². The van der Waals surface area contributed by atoms with Crippen molar-refractivity contribution in [1.29, 1.82) is 0 Å². The van der Waals surface area contributed by atoms with Crippen LogP contribution in [0.4, 0.5) is 0 Å². The van der Waals surface area contributed by atoms with Crippen LogP contribution in [0.3, 0.4) is 0 Å². The first-order chi connectivity index (χ1) is 5.84. The fraction of sp³-hybridized carbons (Fsp3) is 0.667. The van der Waals surface area contributed by atoms with E-state index in [1.165, 1.54) is 11.5 Å². The molecule has 0 radical (unpaired) electrons. The Morgan fingerprint density at radius 3 is 3.00 bits per heavy atom. The number of unbranched alkanes of at least 4 members (excludes halogenated alkanes) is 2. The van der Waals surface area contributed by atoms with E-state index in [1.54, 1.807) is 6.08 Å². The maximum atomic E-state index is 11.0. The summed E-state index contributed by atoms with van der Waals surface area (Å²) in [5, 5.41) is 1.40. The van der Waals surface area contributed by atoms with Crippen LogP contribution in [0.1, 0.15) is 26.2 Å². The van der Waals surface area contributed by atoms with Crippen molar-refractivity contribution >= 4 is 5.91 Å². The largest absolute Gasteiger partial charge is 0.270 e. The standard InChI is InChI=1S/C9H15NO2/c1-2-3-4-8-12-10-7-5-6-9(10)11/h5-6H,2-4,7-8H2,1H3. The summed E-state index contributed by atoms with van der Waals surface area (Å²) < 4.78 is 0. The third-order valence-electron chi connectivity index (χ3n) is 1.77. The molecule has 1 aliphatic heterocycles. The van der Waals surface area contributed by atoms with E-state index in [1.807, 2.05) is 6.08 Å². The second kappa shape index (κ2) is 4.93. The van der Waals surface area contributed by atoms with Gasteiger partial charge in [-0.05, 0) is 6.42 Å². The molecule has 1 rings (SSSR count). The summed E-state index contributed by atoms with van der Waals surface area (Å²) in [6.45, 7) is 3.40. The van der Waals surface area contributed by atoms with Crippen LogP contribution >= 0.6 is 0 Å². The van der Waals surface area contributed by atoms with Crippen molar-refractivity contribution in [3.8, 4) is 0 Å². The van der Waals surface area contributed by atoms with Crippen LogP contribution in [0.2, 0.25) is 0 Å². The van der Waals surface area contributed by atoms with Crippen molar-refractivity contribution < 1.29 is 9.63 Å². The van der Waals surface area contributed by atoms with Crippen molar-refractivity contribution in [2.45, 2.75) is 26.2 Å². The SMILES string of the molecule is CCCCCON1CC=CC1=O. The Morgan fingerprint density at radius 1 is 1.58 bits per heavy atom. The summed E-state index contributed by atoms with van der Waals surface area (Å²) in [6.07, 6.45) is 6.72. The summed E-state index contributed by atoms with van der Waals surface area (Å²) in [7, 11) is 0. The highest BCUT2D eigenvalue weighted by molar-refractivity contribution is 5.88. The fourth-order valence-corrected chi connectivity index (χ4v) is 1.07. The van der Waals surface area contributed by atoms with E-state index in [-0.39, 0.29) is 5.91 Å². The molecule has 1 amide bonds. The predicted molar refractivity (Wildman–Crippen MR) is 46.3 cm³/mol. The maximum Gasteiger partial charge on any atom is 0.270 e. The van der Waals surface area contributed by atoms with E-state index >= 15 is 0 Å². The van der Waals surface area contributed by atoms with Gasteiger partial charge in [-0.1, -0.05) is 25.8 Å². The molecule has 0 saturated carbocycles. The Balaban J connectivity index is 2.04. The highest BCUT2D eigenvalue weighted by Gasteiger charge is 2.14. The smallest absolute Gasteiger partial charge is 0.270 e.